The van der Waals surface area contributed by atoms with E-state index in [4.69, 9.17) is 5.11 Å². The molecule has 0 unspecified atom stereocenters. The maximum Gasteiger partial charge on any atom is 0.328 e. The molecule has 1 aromatic rings. The van der Waals surface area contributed by atoms with Crippen molar-refractivity contribution in [3.63, 3.8) is 0 Å². The Morgan fingerprint density at radius 1 is 1.33 bits per heavy atom. The van der Waals surface area contributed by atoms with Crippen molar-refractivity contribution in [2.24, 2.45) is 5.41 Å². The second-order valence-electron chi connectivity index (χ2n) is 6.06. The number of hydrogen-bond acceptors (Lipinski definition) is 1. The van der Waals surface area contributed by atoms with Crippen LogP contribution in [0.4, 0.5) is 0 Å². The first-order valence-electron chi connectivity index (χ1n) is 6.33. The van der Waals surface area contributed by atoms with Crippen LogP contribution < -0.4 is 0 Å². The first-order chi connectivity index (χ1) is 8.30. The highest BCUT2D eigenvalue weighted by molar-refractivity contribution is 5.86. The van der Waals surface area contributed by atoms with E-state index in [9.17, 15) is 4.79 Å². The van der Waals surface area contributed by atoms with Crippen LogP contribution in [0.1, 0.15) is 41.7 Å². The predicted molar refractivity (Wildman–Crippen MR) is 73.8 cm³/mol. The van der Waals surface area contributed by atoms with Crippen LogP contribution in [0.5, 0.6) is 0 Å². The number of carboxylic acids is 1. The van der Waals surface area contributed by atoms with E-state index in [1.54, 1.807) is 6.08 Å². The minimum atomic E-state index is -0.894. The zero-order valence-electron chi connectivity index (χ0n) is 11.5. The van der Waals surface area contributed by atoms with Gasteiger partial charge in [-0.2, -0.15) is 0 Å². The predicted octanol–water partition coefficient (Wildman–Crippen LogP) is 3.53. The van der Waals surface area contributed by atoms with Crippen molar-refractivity contribution >= 4 is 12.0 Å². The lowest BCUT2D eigenvalue weighted by molar-refractivity contribution is -0.131. The quantitative estimate of drug-likeness (QED) is 0.808. The molecule has 0 heterocycles. The number of carboxylic acid groups (broad SMARTS) is 1. The smallest absolute Gasteiger partial charge is 0.328 e. The lowest BCUT2D eigenvalue weighted by atomic mass is 9.90. The molecule has 0 saturated carbocycles. The van der Waals surface area contributed by atoms with Gasteiger partial charge in [-0.1, -0.05) is 19.9 Å². The molecule has 2 rings (SSSR count). The van der Waals surface area contributed by atoms with Gasteiger partial charge in [-0.25, -0.2) is 4.79 Å². The highest BCUT2D eigenvalue weighted by atomic mass is 16.4. The molecular formula is C16H20O2. The SMILES string of the molecule is Cc1cc2c(c(C)c1/C=C/C(=O)O)CC(C)(C)C2. The van der Waals surface area contributed by atoms with Crippen molar-refractivity contribution in [2.45, 2.75) is 40.5 Å². The normalized spacial score (nSPS) is 17.1. The maximum atomic E-state index is 10.6. The Hall–Kier alpha value is -1.57. The number of carbonyl (C=O) groups is 1. The number of aryl methyl sites for hydroxylation is 1. The van der Waals surface area contributed by atoms with Gasteiger partial charge in [-0.05, 0) is 66.0 Å². The minimum Gasteiger partial charge on any atom is -0.478 e. The van der Waals surface area contributed by atoms with Gasteiger partial charge in [-0.15, -0.1) is 0 Å². The third kappa shape index (κ3) is 2.33. The molecular weight excluding hydrogens is 224 g/mol. The average Bonchev–Trinajstić information content (AvgIpc) is 2.52. The molecule has 0 fully saturated rings. The topological polar surface area (TPSA) is 37.3 Å². The highest BCUT2D eigenvalue weighted by Crippen LogP contribution is 2.39. The van der Waals surface area contributed by atoms with Gasteiger partial charge < -0.3 is 5.11 Å². The average molecular weight is 244 g/mol. The summed E-state index contributed by atoms with van der Waals surface area (Å²) in [5, 5.41) is 8.75. The van der Waals surface area contributed by atoms with Crippen molar-refractivity contribution < 1.29 is 9.90 Å². The second-order valence-corrected chi connectivity index (χ2v) is 6.06. The zero-order chi connectivity index (χ0) is 13.5. The van der Waals surface area contributed by atoms with Crippen LogP contribution in [0.25, 0.3) is 6.08 Å². The highest BCUT2D eigenvalue weighted by Gasteiger charge is 2.30. The fraction of sp³-hybridized carbons (Fsp3) is 0.438. The molecule has 18 heavy (non-hydrogen) atoms. The van der Waals surface area contributed by atoms with Crippen LogP contribution in [0.2, 0.25) is 0 Å². The summed E-state index contributed by atoms with van der Waals surface area (Å²) >= 11 is 0. The van der Waals surface area contributed by atoms with Crippen molar-refractivity contribution in [2.75, 3.05) is 0 Å². The van der Waals surface area contributed by atoms with Gasteiger partial charge in [-0.3, -0.25) is 0 Å². The summed E-state index contributed by atoms with van der Waals surface area (Å²) in [5.41, 5.74) is 6.65. The molecule has 0 amide bonds. The first kappa shape index (κ1) is 12.9. The van der Waals surface area contributed by atoms with E-state index < -0.39 is 5.97 Å². The molecule has 2 heteroatoms. The van der Waals surface area contributed by atoms with Crippen LogP contribution in [0.15, 0.2) is 12.1 Å². The summed E-state index contributed by atoms with van der Waals surface area (Å²) < 4.78 is 0. The first-order valence-corrected chi connectivity index (χ1v) is 6.33. The monoisotopic (exact) mass is 244 g/mol. The number of rotatable bonds is 2. The molecule has 1 aliphatic carbocycles. The third-order valence-electron chi connectivity index (χ3n) is 3.78. The molecule has 0 aliphatic heterocycles. The van der Waals surface area contributed by atoms with E-state index in [0.717, 1.165) is 18.4 Å². The summed E-state index contributed by atoms with van der Waals surface area (Å²) in [6.45, 7) is 8.73. The Labute approximate surface area is 108 Å². The van der Waals surface area contributed by atoms with E-state index in [1.807, 2.05) is 0 Å². The van der Waals surface area contributed by atoms with Gasteiger partial charge in [0.05, 0.1) is 0 Å². The Balaban J connectivity index is 2.50. The van der Waals surface area contributed by atoms with Gasteiger partial charge in [0, 0.05) is 6.08 Å². The third-order valence-corrected chi connectivity index (χ3v) is 3.78. The molecule has 0 radical (unpaired) electrons. The van der Waals surface area contributed by atoms with Crippen LogP contribution in [0.3, 0.4) is 0 Å². The fourth-order valence-electron chi connectivity index (χ4n) is 3.00. The van der Waals surface area contributed by atoms with Gasteiger partial charge in [0.2, 0.25) is 0 Å². The summed E-state index contributed by atoms with van der Waals surface area (Å²) in [4.78, 5) is 10.6. The largest absolute Gasteiger partial charge is 0.478 e. The standard InChI is InChI=1S/C16H20O2/c1-10-7-12-8-16(3,4)9-14(12)11(2)13(10)5-6-15(17)18/h5-7H,8-9H2,1-4H3,(H,17,18)/b6-5+. The molecule has 0 spiro atoms. The van der Waals surface area contributed by atoms with E-state index in [1.165, 1.54) is 28.3 Å². The van der Waals surface area contributed by atoms with Crippen molar-refractivity contribution in [1.82, 2.24) is 0 Å². The Morgan fingerprint density at radius 3 is 2.61 bits per heavy atom. The minimum absolute atomic E-state index is 0.328. The van der Waals surface area contributed by atoms with Gasteiger partial charge in [0.25, 0.3) is 0 Å². The molecule has 96 valence electrons. The lowest BCUT2D eigenvalue weighted by Crippen LogP contribution is -2.09. The summed E-state index contributed by atoms with van der Waals surface area (Å²) in [6.07, 6.45) is 5.15. The summed E-state index contributed by atoms with van der Waals surface area (Å²) in [6, 6.07) is 2.22. The van der Waals surface area contributed by atoms with E-state index in [-0.39, 0.29) is 0 Å². The maximum absolute atomic E-state index is 10.6. The van der Waals surface area contributed by atoms with Crippen LogP contribution in [-0.4, -0.2) is 11.1 Å². The molecule has 0 aromatic heterocycles. The second kappa shape index (κ2) is 4.27. The van der Waals surface area contributed by atoms with Gasteiger partial charge in [0.1, 0.15) is 0 Å². The molecule has 1 aliphatic rings. The Bertz CT molecular complexity index is 537. The summed E-state index contributed by atoms with van der Waals surface area (Å²) in [5.74, 6) is -0.894. The summed E-state index contributed by atoms with van der Waals surface area (Å²) in [7, 11) is 0. The Kier molecular flexibility index (Phi) is 3.05. The van der Waals surface area contributed by atoms with Gasteiger partial charge >= 0.3 is 5.97 Å². The molecule has 0 atom stereocenters. The molecule has 2 nitrogen and oxygen atoms in total. The number of benzene rings is 1. The molecule has 0 saturated heterocycles. The zero-order valence-corrected chi connectivity index (χ0v) is 11.5. The van der Waals surface area contributed by atoms with Crippen molar-refractivity contribution in [3.05, 3.63) is 40.0 Å². The van der Waals surface area contributed by atoms with E-state index in [2.05, 4.69) is 33.8 Å². The van der Waals surface area contributed by atoms with E-state index >= 15 is 0 Å². The fourth-order valence-corrected chi connectivity index (χ4v) is 3.00. The van der Waals surface area contributed by atoms with E-state index in [0.29, 0.717) is 5.41 Å². The van der Waals surface area contributed by atoms with Crippen molar-refractivity contribution in [1.29, 1.82) is 0 Å². The van der Waals surface area contributed by atoms with Crippen LogP contribution >= 0.6 is 0 Å². The number of fused-ring (bicyclic) bond motifs is 1. The molecule has 1 N–H and O–H groups in total. The van der Waals surface area contributed by atoms with Crippen LogP contribution in [0, 0.1) is 19.3 Å². The molecule has 1 aromatic carbocycles. The Morgan fingerprint density at radius 2 is 2.00 bits per heavy atom. The lowest BCUT2D eigenvalue weighted by Gasteiger charge is -2.15. The molecule has 0 bridgehead atoms. The number of hydrogen-bond donors (Lipinski definition) is 1. The number of aliphatic carboxylic acids is 1. The van der Waals surface area contributed by atoms with Gasteiger partial charge in [0.15, 0.2) is 0 Å². The van der Waals surface area contributed by atoms with Crippen molar-refractivity contribution in [3.8, 4) is 0 Å². The van der Waals surface area contributed by atoms with Crippen LogP contribution in [-0.2, 0) is 17.6 Å².